The second kappa shape index (κ2) is 7.91. The molecule has 1 aromatic heterocycles. The zero-order valence-corrected chi connectivity index (χ0v) is 16.2. The third-order valence-electron chi connectivity index (χ3n) is 4.87. The highest BCUT2D eigenvalue weighted by atomic mass is 16.2. The summed E-state index contributed by atoms with van der Waals surface area (Å²) in [5, 5.41) is 7.56. The molecule has 1 aliphatic heterocycles. The Bertz CT molecular complexity index is 781. The van der Waals surface area contributed by atoms with Crippen LogP contribution in [0.1, 0.15) is 34.5 Å². The molecule has 3 rings (SSSR count). The highest BCUT2D eigenvalue weighted by molar-refractivity contribution is 5.73. The molecule has 1 N–H and O–H groups in total. The Morgan fingerprint density at radius 2 is 2.04 bits per heavy atom. The van der Waals surface area contributed by atoms with Gasteiger partial charge in [-0.2, -0.15) is 5.10 Å². The molecule has 0 fully saturated rings. The lowest BCUT2D eigenvalue weighted by Crippen LogP contribution is -2.34. The minimum atomic E-state index is -0.0928. The van der Waals surface area contributed by atoms with E-state index in [1.165, 1.54) is 27.3 Å². The summed E-state index contributed by atoms with van der Waals surface area (Å²) in [5.74, 6) is 0. The molecule has 1 aromatic carbocycles. The van der Waals surface area contributed by atoms with Crippen LogP contribution in [-0.4, -0.2) is 46.3 Å². The van der Waals surface area contributed by atoms with Crippen LogP contribution < -0.4 is 5.32 Å². The average Bonchev–Trinajstić information content (AvgIpc) is 2.88. The van der Waals surface area contributed by atoms with Gasteiger partial charge in [-0.3, -0.25) is 9.58 Å². The van der Waals surface area contributed by atoms with Crippen LogP contribution >= 0.6 is 0 Å². The van der Waals surface area contributed by atoms with Gasteiger partial charge in [0.1, 0.15) is 0 Å². The fraction of sp³-hybridized carbons (Fsp3) is 0.500. The molecule has 1 aliphatic rings. The number of hydrogen-bond donors (Lipinski definition) is 1. The van der Waals surface area contributed by atoms with Gasteiger partial charge in [-0.25, -0.2) is 4.79 Å². The average molecular weight is 355 g/mol. The van der Waals surface area contributed by atoms with Gasteiger partial charge in [0.2, 0.25) is 0 Å². The molecule has 2 heterocycles. The monoisotopic (exact) mass is 355 g/mol. The Labute approximate surface area is 155 Å². The molecular weight excluding hydrogens is 326 g/mol. The van der Waals surface area contributed by atoms with Crippen molar-refractivity contribution in [3.8, 4) is 0 Å². The van der Waals surface area contributed by atoms with Crippen LogP contribution in [0, 0.1) is 13.8 Å². The topological polar surface area (TPSA) is 53.4 Å². The molecule has 0 spiro atoms. The summed E-state index contributed by atoms with van der Waals surface area (Å²) in [6, 6.07) is 8.70. The van der Waals surface area contributed by atoms with Crippen LogP contribution in [0.3, 0.4) is 0 Å². The Kier molecular flexibility index (Phi) is 5.61. The SMILES string of the molecule is Cc1ccc(C)c(CN2CCCn3nc(CNC(=O)N(C)C)cc3C2)c1. The Morgan fingerprint density at radius 3 is 2.81 bits per heavy atom. The highest BCUT2D eigenvalue weighted by Crippen LogP contribution is 2.19. The van der Waals surface area contributed by atoms with E-state index < -0.39 is 0 Å². The van der Waals surface area contributed by atoms with Crippen molar-refractivity contribution >= 4 is 6.03 Å². The number of hydrogen-bond acceptors (Lipinski definition) is 3. The van der Waals surface area contributed by atoms with E-state index in [0.717, 1.165) is 38.3 Å². The quantitative estimate of drug-likeness (QED) is 0.917. The summed E-state index contributed by atoms with van der Waals surface area (Å²) in [7, 11) is 3.48. The van der Waals surface area contributed by atoms with E-state index in [2.05, 4.69) is 58.1 Å². The molecule has 6 nitrogen and oxygen atoms in total. The van der Waals surface area contributed by atoms with E-state index >= 15 is 0 Å². The lowest BCUT2D eigenvalue weighted by molar-refractivity contribution is 0.217. The van der Waals surface area contributed by atoms with Crippen molar-refractivity contribution in [2.75, 3.05) is 20.6 Å². The minimum absolute atomic E-state index is 0.0928. The summed E-state index contributed by atoms with van der Waals surface area (Å²) < 4.78 is 2.10. The molecule has 0 saturated carbocycles. The first-order chi connectivity index (χ1) is 12.4. The number of carbonyl (C=O) groups excluding carboxylic acids is 1. The van der Waals surface area contributed by atoms with Crippen molar-refractivity contribution in [1.82, 2.24) is 24.9 Å². The van der Waals surface area contributed by atoms with Crippen LogP contribution in [0.15, 0.2) is 24.3 Å². The first-order valence-electron chi connectivity index (χ1n) is 9.21. The van der Waals surface area contributed by atoms with Crippen molar-refractivity contribution in [3.05, 3.63) is 52.3 Å². The van der Waals surface area contributed by atoms with Crippen LogP contribution in [0.2, 0.25) is 0 Å². The van der Waals surface area contributed by atoms with Crippen molar-refractivity contribution in [2.45, 2.75) is 46.4 Å². The molecule has 0 atom stereocenters. The Hall–Kier alpha value is -2.34. The molecule has 0 radical (unpaired) electrons. The van der Waals surface area contributed by atoms with E-state index in [1.807, 2.05) is 0 Å². The number of benzene rings is 1. The predicted molar refractivity (Wildman–Crippen MR) is 103 cm³/mol. The largest absolute Gasteiger partial charge is 0.332 e. The molecule has 0 aliphatic carbocycles. The van der Waals surface area contributed by atoms with Gasteiger partial charge in [0.15, 0.2) is 0 Å². The first kappa shape index (κ1) is 18.5. The maximum Gasteiger partial charge on any atom is 0.317 e. The Balaban J connectivity index is 1.67. The van der Waals surface area contributed by atoms with Crippen molar-refractivity contribution in [2.24, 2.45) is 0 Å². The zero-order chi connectivity index (χ0) is 18.7. The van der Waals surface area contributed by atoms with Crippen LogP contribution in [0.4, 0.5) is 4.79 Å². The van der Waals surface area contributed by atoms with E-state index in [1.54, 1.807) is 14.1 Å². The normalized spacial score (nSPS) is 14.6. The van der Waals surface area contributed by atoms with Crippen LogP contribution in [0.5, 0.6) is 0 Å². The summed E-state index contributed by atoms with van der Waals surface area (Å²) in [4.78, 5) is 15.7. The smallest absolute Gasteiger partial charge is 0.317 e. The van der Waals surface area contributed by atoms with Crippen LogP contribution in [0.25, 0.3) is 0 Å². The summed E-state index contributed by atoms with van der Waals surface area (Å²) in [6.45, 7) is 8.65. The minimum Gasteiger partial charge on any atom is -0.332 e. The lowest BCUT2D eigenvalue weighted by Gasteiger charge is -2.21. The Morgan fingerprint density at radius 1 is 1.23 bits per heavy atom. The summed E-state index contributed by atoms with van der Waals surface area (Å²) >= 11 is 0. The standard InChI is InChI=1S/C20H29N5O/c1-15-6-7-16(2)17(10-15)13-24-8-5-9-25-19(14-24)11-18(22-25)12-21-20(26)23(3)4/h6-7,10-11H,5,8-9,12-14H2,1-4H3,(H,21,26). The lowest BCUT2D eigenvalue weighted by atomic mass is 10.1. The number of nitrogens with zero attached hydrogens (tertiary/aromatic N) is 4. The number of nitrogens with one attached hydrogen (secondary N) is 1. The zero-order valence-electron chi connectivity index (χ0n) is 16.2. The molecule has 6 heteroatoms. The number of rotatable bonds is 4. The molecule has 0 bridgehead atoms. The third-order valence-corrected chi connectivity index (χ3v) is 4.87. The van der Waals surface area contributed by atoms with Gasteiger partial charge in [0, 0.05) is 40.3 Å². The number of aryl methyl sites for hydroxylation is 3. The summed E-state index contributed by atoms with van der Waals surface area (Å²) in [5.41, 5.74) is 6.20. The number of fused-ring (bicyclic) bond motifs is 1. The van der Waals surface area contributed by atoms with E-state index in [-0.39, 0.29) is 6.03 Å². The fourth-order valence-corrected chi connectivity index (χ4v) is 3.35. The second-order valence-electron chi connectivity index (χ2n) is 7.40. The third kappa shape index (κ3) is 4.43. The molecule has 26 heavy (non-hydrogen) atoms. The van der Waals surface area contributed by atoms with Gasteiger partial charge in [-0.05, 0) is 37.5 Å². The number of amides is 2. The van der Waals surface area contributed by atoms with Gasteiger partial charge in [0.05, 0.1) is 17.9 Å². The van der Waals surface area contributed by atoms with Gasteiger partial charge < -0.3 is 10.2 Å². The molecule has 2 amide bonds. The maximum absolute atomic E-state index is 11.7. The van der Waals surface area contributed by atoms with E-state index in [4.69, 9.17) is 0 Å². The summed E-state index contributed by atoms with van der Waals surface area (Å²) in [6.07, 6.45) is 1.09. The predicted octanol–water partition coefficient (Wildman–Crippen LogP) is 2.68. The number of carbonyl (C=O) groups is 1. The fourth-order valence-electron chi connectivity index (χ4n) is 3.35. The van der Waals surface area contributed by atoms with Crippen LogP contribution in [-0.2, 0) is 26.2 Å². The molecule has 0 saturated heterocycles. The van der Waals surface area contributed by atoms with E-state index in [0.29, 0.717) is 6.54 Å². The van der Waals surface area contributed by atoms with Gasteiger partial charge in [0.25, 0.3) is 0 Å². The first-order valence-corrected chi connectivity index (χ1v) is 9.21. The molecule has 0 unspecified atom stereocenters. The van der Waals surface area contributed by atoms with Crippen molar-refractivity contribution in [1.29, 1.82) is 0 Å². The van der Waals surface area contributed by atoms with Gasteiger partial charge in [-0.1, -0.05) is 23.8 Å². The highest BCUT2D eigenvalue weighted by Gasteiger charge is 2.18. The molecule has 2 aromatic rings. The maximum atomic E-state index is 11.7. The number of urea groups is 1. The van der Waals surface area contributed by atoms with E-state index in [9.17, 15) is 4.79 Å². The van der Waals surface area contributed by atoms with Crippen molar-refractivity contribution in [3.63, 3.8) is 0 Å². The molecular formula is C20H29N5O. The molecule has 140 valence electrons. The second-order valence-corrected chi connectivity index (χ2v) is 7.40. The number of aromatic nitrogens is 2. The van der Waals surface area contributed by atoms with Crippen molar-refractivity contribution < 1.29 is 4.79 Å². The van der Waals surface area contributed by atoms with Gasteiger partial charge in [-0.15, -0.1) is 0 Å². The van der Waals surface area contributed by atoms with Gasteiger partial charge >= 0.3 is 6.03 Å².